The van der Waals surface area contributed by atoms with Crippen LogP contribution in [0, 0.1) is 0 Å². The van der Waals surface area contributed by atoms with Crippen molar-refractivity contribution in [2.24, 2.45) is 0 Å². The fourth-order valence-corrected chi connectivity index (χ4v) is 2.24. The molecule has 1 N–H and O–H groups in total. The molecule has 1 saturated heterocycles. The Morgan fingerprint density at radius 3 is 2.73 bits per heavy atom. The van der Waals surface area contributed by atoms with Crippen molar-refractivity contribution >= 4 is 0 Å². The second-order valence-electron chi connectivity index (χ2n) is 4.57. The lowest BCUT2D eigenvalue weighted by molar-refractivity contribution is 0.101. The van der Waals surface area contributed by atoms with E-state index in [0.29, 0.717) is 12.1 Å². The molecule has 0 aromatic carbocycles. The van der Waals surface area contributed by atoms with E-state index >= 15 is 0 Å². The first-order valence-electron chi connectivity index (χ1n) is 5.73. The van der Waals surface area contributed by atoms with E-state index in [4.69, 9.17) is 4.74 Å². The van der Waals surface area contributed by atoms with Crippen molar-refractivity contribution < 1.29 is 4.74 Å². The summed E-state index contributed by atoms with van der Waals surface area (Å²) < 4.78 is 5.27. The molecule has 1 fully saturated rings. The normalized spacial score (nSPS) is 25.0. The van der Waals surface area contributed by atoms with Gasteiger partial charge in [0, 0.05) is 38.8 Å². The predicted molar refractivity (Wildman–Crippen MR) is 63.3 cm³/mol. The summed E-state index contributed by atoms with van der Waals surface area (Å²) in [6.07, 6.45) is 1.27. The van der Waals surface area contributed by atoms with Crippen LogP contribution in [0.4, 0.5) is 0 Å². The Labute approximate surface area is 93.6 Å². The molecule has 1 heterocycles. The molecule has 2 unspecified atom stereocenters. The summed E-state index contributed by atoms with van der Waals surface area (Å²) in [5.74, 6) is 0. The van der Waals surface area contributed by atoms with Gasteiger partial charge in [0.15, 0.2) is 0 Å². The van der Waals surface area contributed by atoms with Gasteiger partial charge in [0.05, 0.1) is 6.61 Å². The van der Waals surface area contributed by atoms with Crippen LogP contribution < -0.4 is 5.32 Å². The first-order chi connectivity index (χ1) is 7.19. The molecule has 4 heteroatoms. The van der Waals surface area contributed by atoms with Gasteiger partial charge in [-0.3, -0.25) is 4.90 Å². The van der Waals surface area contributed by atoms with Gasteiger partial charge >= 0.3 is 0 Å². The fourth-order valence-electron chi connectivity index (χ4n) is 2.24. The summed E-state index contributed by atoms with van der Waals surface area (Å²) in [5, 5.41) is 3.24. The van der Waals surface area contributed by atoms with E-state index in [0.717, 1.165) is 13.2 Å². The molecule has 90 valence electrons. The van der Waals surface area contributed by atoms with Crippen molar-refractivity contribution in [1.29, 1.82) is 0 Å². The minimum Gasteiger partial charge on any atom is -0.383 e. The fraction of sp³-hybridized carbons (Fsp3) is 1.00. The third-order valence-electron chi connectivity index (χ3n) is 3.24. The summed E-state index contributed by atoms with van der Waals surface area (Å²) >= 11 is 0. The molecule has 1 aliphatic rings. The zero-order chi connectivity index (χ0) is 11.3. The highest BCUT2D eigenvalue weighted by molar-refractivity contribution is 4.85. The van der Waals surface area contributed by atoms with E-state index in [1.54, 1.807) is 7.11 Å². The van der Waals surface area contributed by atoms with Gasteiger partial charge in [0.2, 0.25) is 0 Å². The Kier molecular flexibility index (Phi) is 5.53. The summed E-state index contributed by atoms with van der Waals surface area (Å²) in [4.78, 5) is 4.86. The number of rotatable bonds is 6. The largest absolute Gasteiger partial charge is 0.383 e. The maximum Gasteiger partial charge on any atom is 0.0630 e. The Morgan fingerprint density at radius 1 is 1.53 bits per heavy atom. The van der Waals surface area contributed by atoms with Crippen LogP contribution in [0.5, 0.6) is 0 Å². The van der Waals surface area contributed by atoms with Gasteiger partial charge in [-0.05, 0) is 27.6 Å². The lowest BCUT2D eigenvalue weighted by atomic mass is 10.2. The number of nitrogens with one attached hydrogen (secondary N) is 1. The maximum atomic E-state index is 5.27. The Balaban J connectivity index is 2.41. The first-order valence-corrected chi connectivity index (χ1v) is 5.73. The average molecular weight is 215 g/mol. The lowest BCUT2D eigenvalue weighted by Gasteiger charge is -2.28. The number of methoxy groups -OCH3 is 1. The molecule has 0 aromatic heterocycles. The molecular formula is C11H25N3O. The molecule has 1 aliphatic heterocycles. The molecular weight excluding hydrogens is 190 g/mol. The average Bonchev–Trinajstić information content (AvgIpc) is 2.66. The summed E-state index contributed by atoms with van der Waals surface area (Å²) in [5.41, 5.74) is 0. The monoisotopic (exact) mass is 215 g/mol. The molecule has 1 rings (SSSR count). The SMILES string of the molecule is CNCC(COC)N1CCC(N(C)C)C1. The zero-order valence-corrected chi connectivity index (χ0v) is 10.5. The summed E-state index contributed by atoms with van der Waals surface area (Å²) in [7, 11) is 8.11. The van der Waals surface area contributed by atoms with Crippen LogP contribution in [0.15, 0.2) is 0 Å². The number of hydrogen-bond acceptors (Lipinski definition) is 4. The number of likely N-dealkylation sites (N-methyl/N-ethyl adjacent to an activating group) is 2. The van der Waals surface area contributed by atoms with E-state index in [9.17, 15) is 0 Å². The van der Waals surface area contributed by atoms with Gasteiger partial charge in [-0.25, -0.2) is 0 Å². The van der Waals surface area contributed by atoms with E-state index < -0.39 is 0 Å². The van der Waals surface area contributed by atoms with Gasteiger partial charge in [-0.1, -0.05) is 0 Å². The van der Waals surface area contributed by atoms with Crippen LogP contribution in [0.3, 0.4) is 0 Å². The number of likely N-dealkylation sites (tertiary alicyclic amines) is 1. The molecule has 0 amide bonds. The minimum atomic E-state index is 0.518. The second-order valence-corrected chi connectivity index (χ2v) is 4.57. The van der Waals surface area contributed by atoms with Crippen molar-refractivity contribution in [2.75, 3.05) is 54.5 Å². The van der Waals surface area contributed by atoms with Crippen molar-refractivity contribution in [3.8, 4) is 0 Å². The summed E-state index contributed by atoms with van der Waals surface area (Å²) in [6.45, 7) is 4.19. The van der Waals surface area contributed by atoms with Gasteiger partial charge < -0.3 is 15.0 Å². The van der Waals surface area contributed by atoms with Crippen molar-refractivity contribution in [2.45, 2.75) is 18.5 Å². The number of hydrogen-bond donors (Lipinski definition) is 1. The van der Waals surface area contributed by atoms with E-state index in [1.165, 1.54) is 19.5 Å². The van der Waals surface area contributed by atoms with Crippen molar-refractivity contribution in [1.82, 2.24) is 15.1 Å². The Bertz CT molecular complexity index is 169. The highest BCUT2D eigenvalue weighted by Crippen LogP contribution is 2.15. The van der Waals surface area contributed by atoms with Crippen LogP contribution in [-0.4, -0.2) is 76.4 Å². The third-order valence-corrected chi connectivity index (χ3v) is 3.24. The highest BCUT2D eigenvalue weighted by Gasteiger charge is 2.28. The predicted octanol–water partition coefficient (Wildman–Crippen LogP) is -0.143. The quantitative estimate of drug-likeness (QED) is 0.667. The van der Waals surface area contributed by atoms with Crippen LogP contribution in [-0.2, 0) is 4.74 Å². The molecule has 0 aliphatic carbocycles. The van der Waals surface area contributed by atoms with Crippen molar-refractivity contribution in [3.63, 3.8) is 0 Å². The van der Waals surface area contributed by atoms with Crippen LogP contribution in [0.2, 0.25) is 0 Å². The second kappa shape index (κ2) is 6.43. The molecule has 0 bridgehead atoms. The van der Waals surface area contributed by atoms with E-state index in [-0.39, 0.29) is 0 Å². The number of nitrogens with zero attached hydrogens (tertiary/aromatic N) is 2. The minimum absolute atomic E-state index is 0.518. The van der Waals surface area contributed by atoms with E-state index in [2.05, 4.69) is 29.2 Å². The topological polar surface area (TPSA) is 27.7 Å². The Morgan fingerprint density at radius 2 is 2.27 bits per heavy atom. The van der Waals surface area contributed by atoms with Gasteiger partial charge in [-0.15, -0.1) is 0 Å². The van der Waals surface area contributed by atoms with Crippen LogP contribution in [0.25, 0.3) is 0 Å². The zero-order valence-electron chi connectivity index (χ0n) is 10.5. The molecule has 0 spiro atoms. The summed E-state index contributed by atoms with van der Waals surface area (Å²) in [6, 6.07) is 1.23. The molecule has 0 aromatic rings. The third kappa shape index (κ3) is 3.72. The van der Waals surface area contributed by atoms with Crippen LogP contribution in [0.1, 0.15) is 6.42 Å². The van der Waals surface area contributed by atoms with Gasteiger partial charge in [-0.2, -0.15) is 0 Å². The highest BCUT2D eigenvalue weighted by atomic mass is 16.5. The maximum absolute atomic E-state index is 5.27. The number of ether oxygens (including phenoxy) is 1. The Hall–Kier alpha value is -0.160. The van der Waals surface area contributed by atoms with Gasteiger partial charge in [0.25, 0.3) is 0 Å². The molecule has 4 nitrogen and oxygen atoms in total. The molecule has 15 heavy (non-hydrogen) atoms. The van der Waals surface area contributed by atoms with Gasteiger partial charge in [0.1, 0.15) is 0 Å². The smallest absolute Gasteiger partial charge is 0.0630 e. The van der Waals surface area contributed by atoms with E-state index in [1.807, 2.05) is 7.05 Å². The van der Waals surface area contributed by atoms with Crippen molar-refractivity contribution in [3.05, 3.63) is 0 Å². The first kappa shape index (κ1) is 12.9. The molecule has 0 saturated carbocycles. The molecule has 0 radical (unpaired) electrons. The standard InChI is InChI=1S/C11H25N3O/c1-12-7-11(9-15-4)14-6-5-10(8-14)13(2)3/h10-12H,5-9H2,1-4H3. The molecule has 2 atom stereocenters. The lowest BCUT2D eigenvalue weighted by Crippen LogP contribution is -2.44. The van der Waals surface area contributed by atoms with Crippen LogP contribution >= 0.6 is 0 Å².